The molecule has 16 heteroatoms. The highest BCUT2D eigenvalue weighted by Crippen LogP contribution is 2.34. The number of rotatable bonds is 11. The number of aromatic nitrogens is 4. The fourth-order valence-corrected chi connectivity index (χ4v) is 7.77. The van der Waals surface area contributed by atoms with Crippen LogP contribution in [-0.2, 0) is 28.6 Å². The van der Waals surface area contributed by atoms with Crippen LogP contribution in [0.2, 0.25) is 0 Å². The number of nitrogens with zero attached hydrogens (tertiary/aromatic N) is 5. The van der Waals surface area contributed by atoms with E-state index in [0.717, 1.165) is 46.5 Å². The van der Waals surface area contributed by atoms with E-state index in [1.807, 2.05) is 76.2 Å². The van der Waals surface area contributed by atoms with Crippen molar-refractivity contribution in [3.8, 4) is 34.4 Å². The fourth-order valence-electron chi connectivity index (χ4n) is 7.77. The van der Waals surface area contributed by atoms with Gasteiger partial charge in [0.25, 0.3) is 0 Å². The smallest absolute Gasteiger partial charge is 0.409 e. The molecule has 4 atom stereocenters. The second kappa shape index (κ2) is 19.6. The average Bonchev–Trinajstić information content (AvgIpc) is 4.08. The third-order valence-electron chi connectivity index (χ3n) is 11.3. The Kier molecular flexibility index (Phi) is 14.1. The first-order chi connectivity index (χ1) is 29.3. The zero-order valence-electron chi connectivity index (χ0n) is 35.7. The lowest BCUT2D eigenvalue weighted by atomic mass is 9.90. The summed E-state index contributed by atoms with van der Waals surface area (Å²) >= 11 is 0. The Hall–Kier alpha value is -6.63. The summed E-state index contributed by atoms with van der Waals surface area (Å²) in [6, 6.07) is 14.0. The van der Waals surface area contributed by atoms with Crippen LogP contribution in [0.1, 0.15) is 81.8 Å². The van der Waals surface area contributed by atoms with Crippen molar-refractivity contribution in [2.45, 2.75) is 65.1 Å². The Morgan fingerprint density at radius 1 is 0.721 bits per heavy atom. The summed E-state index contributed by atoms with van der Waals surface area (Å²) in [6.07, 6.45) is 3.89. The van der Waals surface area contributed by atoms with Crippen LogP contribution in [-0.4, -0.2) is 118 Å². The van der Waals surface area contributed by atoms with Gasteiger partial charge in [-0.15, -0.1) is 0 Å². The largest absolute Gasteiger partial charge is 0.469 e. The number of hydrogen-bond acceptors (Lipinski definition) is 10. The maximum atomic E-state index is 13.9. The topological polar surface area (TPSA) is 192 Å². The van der Waals surface area contributed by atoms with Gasteiger partial charge in [-0.2, -0.15) is 0 Å². The number of esters is 1. The molecule has 0 bridgehead atoms. The van der Waals surface area contributed by atoms with Crippen molar-refractivity contribution in [1.29, 1.82) is 0 Å². The lowest BCUT2D eigenvalue weighted by Gasteiger charge is -2.41. The second-order valence-electron chi connectivity index (χ2n) is 15.9. The zero-order valence-corrected chi connectivity index (χ0v) is 35.7. The molecule has 0 unspecified atom stereocenters. The number of H-pyrrole nitrogens is 2. The molecule has 4 heterocycles. The maximum Gasteiger partial charge on any atom is 0.409 e. The van der Waals surface area contributed by atoms with Gasteiger partial charge in [-0.05, 0) is 60.1 Å². The number of piperazine rings is 1. The number of benzene rings is 2. The third kappa shape index (κ3) is 10.2. The summed E-state index contributed by atoms with van der Waals surface area (Å²) in [6.45, 7) is 8.86. The minimum Gasteiger partial charge on any atom is -0.469 e. The van der Waals surface area contributed by atoms with Crippen molar-refractivity contribution < 1.29 is 38.2 Å². The second-order valence-corrected chi connectivity index (χ2v) is 15.9. The Morgan fingerprint density at radius 2 is 1.28 bits per heavy atom. The molecule has 2 fully saturated rings. The average molecular weight is 835 g/mol. The van der Waals surface area contributed by atoms with Crippen LogP contribution in [0.25, 0.3) is 22.5 Å². The third-order valence-corrected chi connectivity index (χ3v) is 11.3. The van der Waals surface area contributed by atoms with Gasteiger partial charge in [0, 0.05) is 30.8 Å². The number of methoxy groups -OCH3 is 3. The van der Waals surface area contributed by atoms with Gasteiger partial charge in [-0.3, -0.25) is 14.4 Å². The highest BCUT2D eigenvalue weighted by molar-refractivity contribution is 5.87. The van der Waals surface area contributed by atoms with E-state index in [9.17, 15) is 24.0 Å². The molecular formula is C45H54N8O8. The Bertz CT molecular complexity index is 2250. The first-order valence-electron chi connectivity index (χ1n) is 20.5. The van der Waals surface area contributed by atoms with Crippen LogP contribution < -0.4 is 5.32 Å². The Morgan fingerprint density at radius 3 is 1.79 bits per heavy atom. The van der Waals surface area contributed by atoms with Gasteiger partial charge in [0.15, 0.2) is 0 Å². The number of carbonyl (C=O) groups excluding carboxylic acids is 5. The normalized spacial score (nSPS) is 17.4. The van der Waals surface area contributed by atoms with Crippen molar-refractivity contribution in [1.82, 2.24) is 40.0 Å². The molecule has 0 radical (unpaired) electrons. The molecule has 3 N–H and O–H groups in total. The number of carbonyl (C=O) groups is 5. The van der Waals surface area contributed by atoms with Gasteiger partial charge >= 0.3 is 18.2 Å². The van der Waals surface area contributed by atoms with E-state index < -0.39 is 36.2 Å². The first-order valence-corrected chi connectivity index (χ1v) is 20.5. The minimum absolute atomic E-state index is 0.0434. The molecule has 4 amide bonds. The lowest BCUT2D eigenvalue weighted by molar-refractivity contribution is -0.150. The number of ether oxygens (including phenoxy) is 3. The van der Waals surface area contributed by atoms with Crippen molar-refractivity contribution in [3.63, 3.8) is 0 Å². The molecular weight excluding hydrogens is 781 g/mol. The number of alkyl carbamates (subject to hydrolysis) is 1. The van der Waals surface area contributed by atoms with E-state index in [1.165, 1.54) is 21.3 Å². The zero-order chi connectivity index (χ0) is 43.8. The Balaban J connectivity index is 1.12. The van der Waals surface area contributed by atoms with E-state index in [4.69, 9.17) is 14.2 Å². The first kappa shape index (κ1) is 43.9. The van der Waals surface area contributed by atoms with Gasteiger partial charge < -0.3 is 44.2 Å². The van der Waals surface area contributed by atoms with Crippen molar-refractivity contribution >= 4 is 30.0 Å². The van der Waals surface area contributed by atoms with E-state index >= 15 is 0 Å². The van der Waals surface area contributed by atoms with Crippen molar-refractivity contribution in [2.24, 2.45) is 17.8 Å². The van der Waals surface area contributed by atoms with Crippen LogP contribution >= 0.6 is 0 Å². The summed E-state index contributed by atoms with van der Waals surface area (Å²) in [4.78, 5) is 85.2. The number of hydrogen-bond donors (Lipinski definition) is 3. The monoisotopic (exact) mass is 834 g/mol. The summed E-state index contributed by atoms with van der Waals surface area (Å²) in [7, 11) is 3.91. The number of imidazole rings is 2. The van der Waals surface area contributed by atoms with Crippen LogP contribution in [0.3, 0.4) is 0 Å². The molecule has 0 saturated carbocycles. The summed E-state index contributed by atoms with van der Waals surface area (Å²) < 4.78 is 14.6. The molecule has 2 aliphatic heterocycles. The predicted molar refractivity (Wildman–Crippen MR) is 225 cm³/mol. The van der Waals surface area contributed by atoms with Crippen LogP contribution in [0, 0.1) is 29.6 Å². The highest BCUT2D eigenvalue weighted by Gasteiger charge is 2.40. The standard InChI is InChI=1S/C45H54N8O8/c1-27(2)33(23-38(54)59-5)42(55)53-22-21-51(45(58)61-7)26-37(53)41-47-25-35(49-41)32-18-14-30(15-19-32)11-10-29-12-16-31(17-13-29)34-24-46-40(48-34)36-9-8-20-52(36)43(56)39(28(3)4)50-44(57)60-6/h12-19,24-25,27-28,33,36-37,39H,8-9,20-23,26H2,1-7H3,(H,46,48)(H,47,49)(H,50,57)/t33-,36-,37-,39-/m0/s1. The summed E-state index contributed by atoms with van der Waals surface area (Å²) in [5.41, 5.74) is 4.98. The van der Waals surface area contributed by atoms with Gasteiger partial charge in [0.2, 0.25) is 11.8 Å². The highest BCUT2D eigenvalue weighted by atomic mass is 16.5. The summed E-state index contributed by atoms with van der Waals surface area (Å²) in [5.74, 6) is 6.02. The van der Waals surface area contributed by atoms with E-state index in [-0.39, 0.29) is 55.7 Å². The molecule has 2 aromatic carbocycles. The number of nitrogens with one attached hydrogen (secondary N) is 3. The molecule has 4 aromatic rings. The molecule has 2 aromatic heterocycles. The number of aromatic amines is 2. The molecule has 61 heavy (non-hydrogen) atoms. The molecule has 0 spiro atoms. The number of likely N-dealkylation sites (tertiary alicyclic amines) is 1. The predicted octanol–water partition coefficient (Wildman–Crippen LogP) is 5.70. The van der Waals surface area contributed by atoms with Crippen molar-refractivity contribution in [3.05, 3.63) is 83.7 Å². The molecule has 2 aliphatic rings. The van der Waals surface area contributed by atoms with Gasteiger partial charge in [0.1, 0.15) is 23.7 Å². The molecule has 2 saturated heterocycles. The molecule has 0 aliphatic carbocycles. The fraction of sp³-hybridized carbons (Fsp3) is 0.444. The number of amides is 4. The maximum absolute atomic E-state index is 13.9. The van der Waals surface area contributed by atoms with E-state index in [1.54, 1.807) is 27.1 Å². The Labute approximate surface area is 355 Å². The van der Waals surface area contributed by atoms with Gasteiger partial charge in [-0.1, -0.05) is 63.8 Å². The quantitative estimate of drug-likeness (QED) is 0.0960. The van der Waals surface area contributed by atoms with Crippen LogP contribution in [0.4, 0.5) is 9.59 Å². The lowest BCUT2D eigenvalue weighted by Crippen LogP contribution is -2.54. The van der Waals surface area contributed by atoms with Gasteiger partial charge in [0.05, 0.1) is 70.0 Å². The molecule has 322 valence electrons. The minimum atomic E-state index is -0.703. The van der Waals surface area contributed by atoms with Crippen LogP contribution in [0.15, 0.2) is 60.9 Å². The van der Waals surface area contributed by atoms with Crippen LogP contribution in [0.5, 0.6) is 0 Å². The van der Waals surface area contributed by atoms with E-state index in [0.29, 0.717) is 18.2 Å². The van der Waals surface area contributed by atoms with Gasteiger partial charge in [-0.25, -0.2) is 19.6 Å². The molecule has 16 nitrogen and oxygen atoms in total. The van der Waals surface area contributed by atoms with Crippen molar-refractivity contribution in [2.75, 3.05) is 47.5 Å². The molecule has 6 rings (SSSR count). The SMILES string of the molecule is COC(=O)C[C@H](C(=O)N1CCN(C(=O)OC)C[C@H]1c1ncc(-c2ccc(C#Cc3ccc(-c4cnc([C@@H]5CCCN5C(=O)[C@@H](NC(=O)OC)C(C)C)[nH]4)cc3)cc2)[nH]1)C(C)C. The summed E-state index contributed by atoms with van der Waals surface area (Å²) in [5, 5.41) is 2.68. The van der Waals surface area contributed by atoms with E-state index in [2.05, 4.69) is 37.1 Å².